The van der Waals surface area contributed by atoms with Crippen LogP contribution in [0, 0.1) is 6.92 Å². The minimum absolute atomic E-state index is 0.0373. The van der Waals surface area contributed by atoms with E-state index in [4.69, 9.17) is 9.51 Å². The maximum Gasteiger partial charge on any atom is 0.293 e. The van der Waals surface area contributed by atoms with Crippen LogP contribution in [0.2, 0.25) is 0 Å². The Kier molecular flexibility index (Phi) is 3.18. The average molecular weight is 313 g/mol. The van der Waals surface area contributed by atoms with Crippen molar-refractivity contribution < 1.29 is 9.32 Å². The first-order chi connectivity index (χ1) is 10.7. The molecule has 112 valence electrons. The number of carbonyl (C=O) groups is 1. The highest BCUT2D eigenvalue weighted by Gasteiger charge is 2.34. The molecule has 0 spiro atoms. The second-order valence-corrected chi connectivity index (χ2v) is 6.57. The van der Waals surface area contributed by atoms with Gasteiger partial charge in [0.05, 0.1) is 22.0 Å². The molecule has 1 saturated heterocycles. The molecule has 0 saturated carbocycles. The number of para-hydroxylation sites is 1. The van der Waals surface area contributed by atoms with Gasteiger partial charge in [-0.25, -0.2) is 4.98 Å². The van der Waals surface area contributed by atoms with Gasteiger partial charge in [-0.15, -0.1) is 11.3 Å². The van der Waals surface area contributed by atoms with Gasteiger partial charge in [0.25, 0.3) is 5.91 Å². The SMILES string of the molecule is Cc1cc(C(=O)N2CCC[C@@H]2c2nc3ccccc3s2)on1. The maximum absolute atomic E-state index is 12.6. The fraction of sp³-hybridized carbons (Fsp3) is 0.312. The van der Waals surface area contributed by atoms with Crippen molar-refractivity contribution in [2.45, 2.75) is 25.8 Å². The van der Waals surface area contributed by atoms with Gasteiger partial charge in [0.1, 0.15) is 5.01 Å². The van der Waals surface area contributed by atoms with E-state index in [1.54, 1.807) is 17.4 Å². The first kappa shape index (κ1) is 13.5. The number of hydrogen-bond donors (Lipinski definition) is 0. The van der Waals surface area contributed by atoms with Gasteiger partial charge >= 0.3 is 0 Å². The minimum atomic E-state index is -0.0950. The van der Waals surface area contributed by atoms with E-state index in [1.165, 1.54) is 0 Å². The normalized spacial score (nSPS) is 18.2. The van der Waals surface area contributed by atoms with E-state index in [0.717, 1.165) is 40.3 Å². The third-order valence-electron chi connectivity index (χ3n) is 3.95. The van der Waals surface area contributed by atoms with Crippen LogP contribution < -0.4 is 0 Å². The number of likely N-dealkylation sites (tertiary alicyclic amines) is 1. The van der Waals surface area contributed by atoms with Gasteiger partial charge in [-0.3, -0.25) is 4.79 Å². The predicted molar refractivity (Wildman–Crippen MR) is 83.9 cm³/mol. The molecule has 3 aromatic rings. The van der Waals surface area contributed by atoms with Crippen LogP contribution in [0.3, 0.4) is 0 Å². The van der Waals surface area contributed by atoms with Crippen molar-refractivity contribution in [3.8, 4) is 0 Å². The molecule has 0 unspecified atom stereocenters. The highest BCUT2D eigenvalue weighted by molar-refractivity contribution is 7.18. The summed E-state index contributed by atoms with van der Waals surface area (Å²) in [7, 11) is 0. The monoisotopic (exact) mass is 313 g/mol. The molecule has 6 heteroatoms. The van der Waals surface area contributed by atoms with Gasteiger partial charge < -0.3 is 9.42 Å². The Morgan fingerprint density at radius 1 is 1.41 bits per heavy atom. The fourth-order valence-corrected chi connectivity index (χ4v) is 4.02. The number of benzene rings is 1. The summed E-state index contributed by atoms with van der Waals surface area (Å²) in [6.45, 7) is 2.55. The highest BCUT2D eigenvalue weighted by Crippen LogP contribution is 2.37. The molecule has 0 bridgehead atoms. The Bertz CT molecular complexity index is 806. The van der Waals surface area contributed by atoms with Crippen LogP contribution in [-0.4, -0.2) is 27.5 Å². The van der Waals surface area contributed by atoms with Crippen LogP contribution in [0.15, 0.2) is 34.9 Å². The molecule has 0 N–H and O–H groups in total. The predicted octanol–water partition coefficient (Wildman–Crippen LogP) is 3.57. The Labute approximate surface area is 131 Å². The number of amides is 1. The lowest BCUT2D eigenvalue weighted by Gasteiger charge is -2.21. The van der Waals surface area contributed by atoms with E-state index in [1.807, 2.05) is 30.0 Å². The second kappa shape index (κ2) is 5.21. The van der Waals surface area contributed by atoms with Gasteiger partial charge in [0.15, 0.2) is 0 Å². The molecule has 2 aromatic heterocycles. The topological polar surface area (TPSA) is 59.2 Å². The van der Waals surface area contributed by atoms with Gasteiger partial charge in [-0.2, -0.15) is 0 Å². The van der Waals surface area contributed by atoms with Crippen LogP contribution in [0.25, 0.3) is 10.2 Å². The summed E-state index contributed by atoms with van der Waals surface area (Å²) in [5, 5.41) is 4.81. The quantitative estimate of drug-likeness (QED) is 0.725. The van der Waals surface area contributed by atoms with E-state index in [2.05, 4.69) is 11.2 Å². The van der Waals surface area contributed by atoms with E-state index in [-0.39, 0.29) is 11.9 Å². The zero-order valence-electron chi connectivity index (χ0n) is 12.2. The number of nitrogens with zero attached hydrogens (tertiary/aromatic N) is 3. The van der Waals surface area contributed by atoms with Crippen molar-refractivity contribution in [3.63, 3.8) is 0 Å². The lowest BCUT2D eigenvalue weighted by molar-refractivity contribution is 0.0693. The average Bonchev–Trinajstić information content (AvgIpc) is 3.24. The van der Waals surface area contributed by atoms with Crippen molar-refractivity contribution in [2.24, 2.45) is 0 Å². The molecule has 0 aliphatic carbocycles. The number of hydrogen-bond acceptors (Lipinski definition) is 5. The smallest absolute Gasteiger partial charge is 0.293 e. The van der Waals surface area contributed by atoms with Crippen molar-refractivity contribution in [3.05, 3.63) is 46.8 Å². The number of aryl methyl sites for hydroxylation is 1. The summed E-state index contributed by atoms with van der Waals surface area (Å²) < 4.78 is 6.28. The van der Waals surface area contributed by atoms with Crippen LogP contribution in [0.1, 0.15) is 40.1 Å². The van der Waals surface area contributed by atoms with Crippen molar-refractivity contribution in [1.29, 1.82) is 0 Å². The molecule has 4 rings (SSSR count). The number of fused-ring (bicyclic) bond motifs is 1. The van der Waals surface area contributed by atoms with Gasteiger partial charge in [-0.1, -0.05) is 17.3 Å². The zero-order valence-corrected chi connectivity index (χ0v) is 13.0. The number of carbonyl (C=O) groups excluding carboxylic acids is 1. The standard InChI is InChI=1S/C16H15N3O2S/c1-10-9-13(21-18-10)16(20)19-8-4-6-12(19)15-17-11-5-2-3-7-14(11)22-15/h2-3,5,7,9,12H,4,6,8H2,1H3/t12-/m1/s1. The minimum Gasteiger partial charge on any atom is -0.351 e. The lowest BCUT2D eigenvalue weighted by Crippen LogP contribution is -2.30. The number of thiazole rings is 1. The summed E-state index contributed by atoms with van der Waals surface area (Å²) in [5.41, 5.74) is 1.72. The van der Waals surface area contributed by atoms with E-state index in [9.17, 15) is 4.79 Å². The van der Waals surface area contributed by atoms with Crippen LogP contribution in [0.4, 0.5) is 0 Å². The molecule has 0 radical (unpaired) electrons. The molecule has 1 aliphatic heterocycles. The first-order valence-electron chi connectivity index (χ1n) is 7.32. The lowest BCUT2D eigenvalue weighted by atomic mass is 10.2. The second-order valence-electron chi connectivity index (χ2n) is 5.51. The van der Waals surface area contributed by atoms with Gasteiger partial charge in [0.2, 0.25) is 5.76 Å². The maximum atomic E-state index is 12.6. The van der Waals surface area contributed by atoms with Crippen LogP contribution in [0.5, 0.6) is 0 Å². The van der Waals surface area contributed by atoms with Crippen molar-refractivity contribution in [2.75, 3.05) is 6.54 Å². The molecule has 1 fully saturated rings. The van der Waals surface area contributed by atoms with Crippen molar-refractivity contribution >= 4 is 27.5 Å². The summed E-state index contributed by atoms with van der Waals surface area (Å²) in [6, 6.07) is 9.80. The summed E-state index contributed by atoms with van der Waals surface area (Å²) >= 11 is 1.66. The molecular formula is C16H15N3O2S. The Morgan fingerprint density at radius 2 is 2.27 bits per heavy atom. The number of aromatic nitrogens is 2. The van der Waals surface area contributed by atoms with Gasteiger partial charge in [-0.05, 0) is 31.9 Å². The third-order valence-corrected chi connectivity index (χ3v) is 5.09. The first-order valence-corrected chi connectivity index (χ1v) is 8.14. The third kappa shape index (κ3) is 2.20. The number of rotatable bonds is 2. The molecule has 1 aromatic carbocycles. The van der Waals surface area contributed by atoms with Crippen LogP contribution in [-0.2, 0) is 0 Å². The molecule has 3 heterocycles. The molecule has 1 aliphatic rings. The summed E-state index contributed by atoms with van der Waals surface area (Å²) in [6.07, 6.45) is 1.93. The van der Waals surface area contributed by atoms with Crippen LogP contribution >= 0.6 is 11.3 Å². The van der Waals surface area contributed by atoms with E-state index >= 15 is 0 Å². The summed E-state index contributed by atoms with van der Waals surface area (Å²) in [5.74, 6) is 0.216. The Balaban J connectivity index is 1.67. The van der Waals surface area contributed by atoms with Gasteiger partial charge in [0, 0.05) is 12.6 Å². The summed E-state index contributed by atoms with van der Waals surface area (Å²) in [4.78, 5) is 19.2. The van der Waals surface area contributed by atoms with E-state index in [0.29, 0.717) is 5.76 Å². The molecule has 5 nitrogen and oxygen atoms in total. The Morgan fingerprint density at radius 3 is 3.05 bits per heavy atom. The van der Waals surface area contributed by atoms with E-state index < -0.39 is 0 Å². The van der Waals surface area contributed by atoms with Crippen molar-refractivity contribution in [1.82, 2.24) is 15.0 Å². The molecule has 1 atom stereocenters. The Hall–Kier alpha value is -2.21. The zero-order chi connectivity index (χ0) is 15.1. The highest BCUT2D eigenvalue weighted by atomic mass is 32.1. The molecule has 22 heavy (non-hydrogen) atoms. The molecule has 1 amide bonds. The molecular weight excluding hydrogens is 298 g/mol. The fourth-order valence-electron chi connectivity index (χ4n) is 2.91. The largest absolute Gasteiger partial charge is 0.351 e.